The van der Waals surface area contributed by atoms with Gasteiger partial charge in [0.05, 0.1) is 0 Å². The summed E-state index contributed by atoms with van der Waals surface area (Å²) in [4.78, 5) is 0. The predicted octanol–water partition coefficient (Wildman–Crippen LogP) is 4.69. The van der Waals surface area contributed by atoms with Crippen molar-refractivity contribution in [3.63, 3.8) is 0 Å². The quantitative estimate of drug-likeness (QED) is 0.702. The summed E-state index contributed by atoms with van der Waals surface area (Å²) in [6, 6.07) is 5.40. The molecular formula is C12H11F5O. The molecule has 0 N–H and O–H groups in total. The molecule has 0 aromatic heterocycles. The maximum absolute atomic E-state index is 12.9. The van der Waals surface area contributed by atoms with Gasteiger partial charge in [0.15, 0.2) is 0 Å². The molecule has 0 fully saturated rings. The Kier molecular flexibility index (Phi) is 4.69. The van der Waals surface area contributed by atoms with E-state index in [0.29, 0.717) is 0 Å². The van der Waals surface area contributed by atoms with Crippen molar-refractivity contribution in [2.45, 2.75) is 25.9 Å². The summed E-state index contributed by atoms with van der Waals surface area (Å²) in [5.41, 5.74) is 0.890. The van der Waals surface area contributed by atoms with E-state index in [2.05, 4.69) is 4.74 Å². The van der Waals surface area contributed by atoms with Crippen molar-refractivity contribution in [3.05, 3.63) is 41.7 Å². The molecule has 0 heterocycles. The molecule has 0 atom stereocenters. The molecule has 0 bridgehead atoms. The van der Waals surface area contributed by atoms with Gasteiger partial charge in [-0.05, 0) is 24.1 Å². The van der Waals surface area contributed by atoms with E-state index < -0.39 is 18.0 Å². The summed E-state index contributed by atoms with van der Waals surface area (Å²) in [6.07, 6.45) is -6.13. The molecule has 1 rings (SSSR count). The van der Waals surface area contributed by atoms with Crippen LogP contribution in [-0.4, -0.2) is 6.11 Å². The number of ether oxygens (including phenoxy) is 1. The monoisotopic (exact) mass is 266 g/mol. The van der Waals surface area contributed by atoms with E-state index >= 15 is 0 Å². The second kappa shape index (κ2) is 5.84. The molecule has 6 heteroatoms. The highest BCUT2D eigenvalue weighted by Crippen LogP contribution is 2.32. The van der Waals surface area contributed by atoms with E-state index in [0.717, 1.165) is 18.4 Å². The lowest BCUT2D eigenvalue weighted by molar-refractivity contribution is -0.159. The van der Waals surface area contributed by atoms with E-state index in [1.165, 1.54) is 24.3 Å². The average molecular weight is 266 g/mol. The van der Waals surface area contributed by atoms with E-state index in [9.17, 15) is 22.0 Å². The number of alkyl halides is 2. The van der Waals surface area contributed by atoms with Gasteiger partial charge >= 0.3 is 12.2 Å². The first kappa shape index (κ1) is 14.5. The van der Waals surface area contributed by atoms with Crippen LogP contribution in [0.3, 0.4) is 0 Å². The van der Waals surface area contributed by atoms with Crippen molar-refractivity contribution in [2.75, 3.05) is 0 Å². The molecule has 0 saturated carbocycles. The molecule has 1 nitrogen and oxygen atoms in total. The number of benzene rings is 1. The van der Waals surface area contributed by atoms with Crippen molar-refractivity contribution in [2.24, 2.45) is 0 Å². The predicted molar refractivity (Wildman–Crippen MR) is 56.4 cm³/mol. The second-order valence-corrected chi connectivity index (χ2v) is 3.59. The number of hydrogen-bond donors (Lipinski definition) is 0. The van der Waals surface area contributed by atoms with Crippen LogP contribution in [0.4, 0.5) is 22.0 Å². The fourth-order valence-electron chi connectivity index (χ4n) is 1.32. The topological polar surface area (TPSA) is 9.23 Å². The highest BCUT2D eigenvalue weighted by atomic mass is 19.3. The lowest BCUT2D eigenvalue weighted by atomic mass is 10.1. The first-order valence-corrected chi connectivity index (χ1v) is 5.24. The third kappa shape index (κ3) is 3.72. The molecule has 1 aromatic rings. The van der Waals surface area contributed by atoms with Gasteiger partial charge in [-0.1, -0.05) is 25.5 Å². The Labute approximate surface area is 101 Å². The minimum Gasteiger partial charge on any atom is -0.427 e. The first-order valence-electron chi connectivity index (χ1n) is 5.24. The zero-order valence-electron chi connectivity index (χ0n) is 9.52. The second-order valence-electron chi connectivity index (χ2n) is 3.59. The van der Waals surface area contributed by atoms with E-state index in [1.54, 1.807) is 0 Å². The van der Waals surface area contributed by atoms with Gasteiger partial charge in [-0.2, -0.15) is 22.0 Å². The van der Waals surface area contributed by atoms with Gasteiger partial charge < -0.3 is 4.74 Å². The van der Waals surface area contributed by atoms with Gasteiger partial charge in [-0.15, -0.1) is 0 Å². The molecule has 0 aliphatic rings. The SMILES string of the molecule is CCCc1ccc(OC(F)(F)C(F)=C(F)F)cc1. The normalized spacial score (nSPS) is 11.2. The largest absolute Gasteiger partial charge is 0.459 e. The van der Waals surface area contributed by atoms with Crippen LogP contribution in [0.2, 0.25) is 0 Å². The summed E-state index contributed by atoms with van der Waals surface area (Å²) in [5, 5.41) is 0. The van der Waals surface area contributed by atoms with Gasteiger partial charge in [-0.25, -0.2) is 0 Å². The zero-order valence-corrected chi connectivity index (χ0v) is 9.52. The lowest BCUT2D eigenvalue weighted by Crippen LogP contribution is -2.26. The molecule has 0 aliphatic heterocycles. The Morgan fingerprint density at radius 1 is 1.11 bits per heavy atom. The van der Waals surface area contributed by atoms with Crippen LogP contribution < -0.4 is 4.74 Å². The van der Waals surface area contributed by atoms with Gasteiger partial charge in [0.25, 0.3) is 5.83 Å². The van der Waals surface area contributed by atoms with Crippen LogP contribution in [0.15, 0.2) is 36.2 Å². The third-order valence-electron chi connectivity index (χ3n) is 2.13. The third-order valence-corrected chi connectivity index (χ3v) is 2.13. The molecular weight excluding hydrogens is 255 g/mol. The summed E-state index contributed by atoms with van der Waals surface area (Å²) < 4.78 is 65.6. The minimum atomic E-state index is -4.66. The van der Waals surface area contributed by atoms with E-state index in [-0.39, 0.29) is 5.75 Å². The number of rotatable bonds is 5. The maximum Gasteiger partial charge on any atom is 0.459 e. The first-order chi connectivity index (χ1) is 8.36. The standard InChI is InChI=1S/C12H11F5O/c1-2-3-8-4-6-9(7-5-8)18-12(16,17)10(13)11(14)15/h4-7H,2-3H2,1H3. The smallest absolute Gasteiger partial charge is 0.427 e. The zero-order chi connectivity index (χ0) is 13.8. The highest BCUT2D eigenvalue weighted by molar-refractivity contribution is 5.28. The van der Waals surface area contributed by atoms with Crippen LogP contribution >= 0.6 is 0 Å². The van der Waals surface area contributed by atoms with Gasteiger partial charge in [-0.3, -0.25) is 0 Å². The van der Waals surface area contributed by atoms with Crippen molar-refractivity contribution in [1.29, 1.82) is 0 Å². The van der Waals surface area contributed by atoms with E-state index in [4.69, 9.17) is 0 Å². The lowest BCUT2D eigenvalue weighted by Gasteiger charge is -2.15. The van der Waals surface area contributed by atoms with Crippen LogP contribution in [0, 0.1) is 0 Å². The summed E-state index contributed by atoms with van der Waals surface area (Å²) in [7, 11) is 0. The fourth-order valence-corrected chi connectivity index (χ4v) is 1.32. The molecule has 0 saturated heterocycles. The Morgan fingerprint density at radius 2 is 1.67 bits per heavy atom. The summed E-state index contributed by atoms with van der Waals surface area (Å²) in [5.74, 6) is -3.25. The number of aryl methyl sites for hydroxylation is 1. The Morgan fingerprint density at radius 3 is 2.11 bits per heavy atom. The molecule has 0 radical (unpaired) electrons. The molecule has 0 amide bonds. The molecule has 0 aliphatic carbocycles. The Hall–Kier alpha value is -1.59. The minimum absolute atomic E-state index is 0.378. The molecule has 18 heavy (non-hydrogen) atoms. The van der Waals surface area contributed by atoms with Gasteiger partial charge in [0.1, 0.15) is 5.75 Å². The number of hydrogen-bond acceptors (Lipinski definition) is 1. The summed E-state index contributed by atoms with van der Waals surface area (Å²) >= 11 is 0. The molecule has 0 spiro atoms. The Balaban J connectivity index is 2.81. The number of halogens is 5. The van der Waals surface area contributed by atoms with Crippen molar-refractivity contribution in [3.8, 4) is 5.75 Å². The van der Waals surface area contributed by atoms with Gasteiger partial charge in [0, 0.05) is 0 Å². The van der Waals surface area contributed by atoms with Crippen LogP contribution in [0.1, 0.15) is 18.9 Å². The van der Waals surface area contributed by atoms with Crippen LogP contribution in [0.5, 0.6) is 5.75 Å². The van der Waals surface area contributed by atoms with Crippen LogP contribution in [0.25, 0.3) is 0 Å². The fraction of sp³-hybridized carbons (Fsp3) is 0.333. The summed E-state index contributed by atoms with van der Waals surface area (Å²) in [6.45, 7) is 1.95. The molecule has 0 unspecified atom stereocenters. The van der Waals surface area contributed by atoms with Gasteiger partial charge in [0.2, 0.25) is 0 Å². The van der Waals surface area contributed by atoms with Crippen molar-refractivity contribution < 1.29 is 26.7 Å². The Bertz CT molecular complexity index is 421. The molecule has 100 valence electrons. The van der Waals surface area contributed by atoms with E-state index in [1.807, 2.05) is 6.92 Å². The molecule has 1 aromatic carbocycles. The highest BCUT2D eigenvalue weighted by Gasteiger charge is 2.42. The maximum atomic E-state index is 12.9. The van der Waals surface area contributed by atoms with Crippen LogP contribution in [-0.2, 0) is 6.42 Å². The van der Waals surface area contributed by atoms with Crippen molar-refractivity contribution >= 4 is 0 Å². The average Bonchev–Trinajstić information content (AvgIpc) is 2.30. The van der Waals surface area contributed by atoms with Crippen molar-refractivity contribution in [1.82, 2.24) is 0 Å².